The molecule has 3 aromatic rings. The van der Waals surface area contributed by atoms with Crippen LogP contribution in [0.15, 0.2) is 47.9 Å². The van der Waals surface area contributed by atoms with Gasteiger partial charge < -0.3 is 14.8 Å². The Labute approximate surface area is 147 Å². The second-order valence-corrected chi connectivity index (χ2v) is 6.29. The number of rotatable bonds is 5. The van der Waals surface area contributed by atoms with Gasteiger partial charge in [-0.1, -0.05) is 23.9 Å². The van der Waals surface area contributed by atoms with E-state index >= 15 is 0 Å². The zero-order chi connectivity index (χ0) is 17.1. The lowest BCUT2D eigenvalue weighted by Crippen LogP contribution is -2.41. The van der Waals surface area contributed by atoms with Gasteiger partial charge in [0.05, 0.1) is 12.3 Å². The van der Waals surface area contributed by atoms with Crippen molar-refractivity contribution < 1.29 is 14.3 Å². The molecular formula is C16H15N5O3S. The van der Waals surface area contributed by atoms with Crippen LogP contribution in [0.5, 0.6) is 11.5 Å². The number of nitrogens with zero attached hydrogens (tertiary/aromatic N) is 4. The molecule has 1 aliphatic rings. The molecule has 0 radical (unpaired) electrons. The van der Waals surface area contributed by atoms with E-state index in [9.17, 15) is 4.79 Å². The van der Waals surface area contributed by atoms with E-state index in [2.05, 4.69) is 20.4 Å². The molecule has 0 saturated heterocycles. The molecule has 1 N–H and O–H groups in total. The largest absolute Gasteiger partial charge is 0.486 e. The SMILES string of the molecule is O=C(CSc1nc2ncccn2n1)NCC1COc2ccccc2O1. The summed E-state index contributed by atoms with van der Waals surface area (Å²) in [5.74, 6) is 2.05. The van der Waals surface area contributed by atoms with Crippen LogP contribution in [-0.4, -0.2) is 50.5 Å². The molecule has 0 saturated carbocycles. The summed E-state index contributed by atoms with van der Waals surface area (Å²) in [6.07, 6.45) is 3.20. The Balaban J connectivity index is 1.25. The fourth-order valence-corrected chi connectivity index (χ4v) is 3.00. The molecule has 2 aromatic heterocycles. The monoisotopic (exact) mass is 357 g/mol. The third kappa shape index (κ3) is 3.66. The fourth-order valence-electron chi connectivity index (χ4n) is 2.35. The van der Waals surface area contributed by atoms with Crippen LogP contribution in [0.2, 0.25) is 0 Å². The molecule has 1 aliphatic heterocycles. The van der Waals surface area contributed by atoms with Gasteiger partial charge >= 0.3 is 0 Å². The molecule has 1 amide bonds. The highest BCUT2D eigenvalue weighted by atomic mass is 32.2. The van der Waals surface area contributed by atoms with Crippen LogP contribution in [0.1, 0.15) is 0 Å². The second-order valence-electron chi connectivity index (χ2n) is 5.35. The maximum atomic E-state index is 12.0. The van der Waals surface area contributed by atoms with Crippen molar-refractivity contribution >= 4 is 23.4 Å². The standard InChI is InChI=1S/C16H15N5O3S/c22-14(10-25-16-19-15-17-6-3-7-21(15)20-16)18-8-11-9-23-12-4-1-2-5-13(12)24-11/h1-7,11H,8-10H2,(H,18,22). The Morgan fingerprint density at radius 3 is 3.08 bits per heavy atom. The van der Waals surface area contributed by atoms with Crippen LogP contribution in [0, 0.1) is 0 Å². The van der Waals surface area contributed by atoms with Gasteiger partial charge in [0, 0.05) is 12.4 Å². The highest BCUT2D eigenvalue weighted by Crippen LogP contribution is 2.30. The minimum Gasteiger partial charge on any atom is -0.486 e. The van der Waals surface area contributed by atoms with Crippen LogP contribution in [-0.2, 0) is 4.79 Å². The van der Waals surface area contributed by atoms with Crippen molar-refractivity contribution in [3.05, 3.63) is 42.7 Å². The molecule has 9 heteroatoms. The average molecular weight is 357 g/mol. The fraction of sp³-hybridized carbons (Fsp3) is 0.250. The molecule has 0 aliphatic carbocycles. The van der Waals surface area contributed by atoms with Crippen LogP contribution in [0.3, 0.4) is 0 Å². The molecule has 1 atom stereocenters. The number of aromatic nitrogens is 4. The number of amides is 1. The van der Waals surface area contributed by atoms with Crippen molar-refractivity contribution in [2.45, 2.75) is 11.3 Å². The maximum Gasteiger partial charge on any atom is 0.253 e. The molecule has 0 fully saturated rings. The van der Waals surface area contributed by atoms with Crippen molar-refractivity contribution in [3.63, 3.8) is 0 Å². The summed E-state index contributed by atoms with van der Waals surface area (Å²) in [5, 5.41) is 7.60. The molecule has 1 unspecified atom stereocenters. The molecule has 0 bridgehead atoms. The molecule has 8 nitrogen and oxygen atoms in total. The number of benzene rings is 1. The first-order valence-corrected chi connectivity index (χ1v) is 8.72. The minimum atomic E-state index is -0.207. The summed E-state index contributed by atoms with van der Waals surface area (Å²) in [4.78, 5) is 20.3. The topological polar surface area (TPSA) is 90.6 Å². The molecular weight excluding hydrogens is 342 g/mol. The predicted molar refractivity (Wildman–Crippen MR) is 90.9 cm³/mol. The Morgan fingerprint density at radius 2 is 2.20 bits per heavy atom. The first kappa shape index (κ1) is 15.7. The number of thioether (sulfide) groups is 1. The van der Waals surface area contributed by atoms with E-state index in [0.717, 1.165) is 5.75 Å². The number of ether oxygens (including phenoxy) is 2. The van der Waals surface area contributed by atoms with Gasteiger partial charge in [0.25, 0.3) is 5.78 Å². The molecule has 3 heterocycles. The highest BCUT2D eigenvalue weighted by molar-refractivity contribution is 7.99. The second kappa shape index (κ2) is 6.98. The number of carbonyl (C=O) groups is 1. The normalized spacial score (nSPS) is 15.9. The van der Waals surface area contributed by atoms with Gasteiger partial charge in [-0.2, -0.15) is 4.98 Å². The molecule has 128 valence electrons. The van der Waals surface area contributed by atoms with Crippen molar-refractivity contribution in [3.8, 4) is 11.5 Å². The van der Waals surface area contributed by atoms with E-state index < -0.39 is 0 Å². The van der Waals surface area contributed by atoms with Gasteiger partial charge in [0.1, 0.15) is 12.7 Å². The number of hydrogen-bond donors (Lipinski definition) is 1. The lowest BCUT2D eigenvalue weighted by Gasteiger charge is -2.26. The Kier molecular flexibility index (Phi) is 4.38. The van der Waals surface area contributed by atoms with Gasteiger partial charge in [-0.05, 0) is 18.2 Å². The number of hydrogen-bond acceptors (Lipinski definition) is 7. The van der Waals surface area contributed by atoms with E-state index in [-0.39, 0.29) is 17.8 Å². The summed E-state index contributed by atoms with van der Waals surface area (Å²) >= 11 is 1.26. The van der Waals surface area contributed by atoms with Crippen molar-refractivity contribution in [1.29, 1.82) is 0 Å². The van der Waals surface area contributed by atoms with Crippen LogP contribution >= 0.6 is 11.8 Å². The zero-order valence-electron chi connectivity index (χ0n) is 13.2. The van der Waals surface area contributed by atoms with Crippen LogP contribution in [0.4, 0.5) is 0 Å². The van der Waals surface area contributed by atoms with E-state index in [4.69, 9.17) is 9.47 Å². The van der Waals surface area contributed by atoms with Gasteiger partial charge in [-0.15, -0.1) is 5.10 Å². The smallest absolute Gasteiger partial charge is 0.253 e. The third-order valence-electron chi connectivity index (χ3n) is 3.52. The number of carbonyl (C=O) groups excluding carboxylic acids is 1. The zero-order valence-corrected chi connectivity index (χ0v) is 14.0. The number of fused-ring (bicyclic) bond motifs is 2. The lowest BCUT2D eigenvalue weighted by molar-refractivity contribution is -0.119. The Bertz CT molecular complexity index is 867. The quantitative estimate of drug-likeness (QED) is 0.686. The predicted octanol–water partition coefficient (Wildman–Crippen LogP) is 1.17. The number of para-hydroxylation sites is 2. The van der Waals surface area contributed by atoms with Gasteiger partial charge in [0.2, 0.25) is 11.1 Å². The third-order valence-corrected chi connectivity index (χ3v) is 4.36. The first-order chi connectivity index (χ1) is 12.3. The molecule has 25 heavy (non-hydrogen) atoms. The summed E-state index contributed by atoms with van der Waals surface area (Å²) in [5.41, 5.74) is 0. The van der Waals surface area contributed by atoms with Crippen molar-refractivity contribution in [2.75, 3.05) is 18.9 Å². The Morgan fingerprint density at radius 1 is 1.32 bits per heavy atom. The summed E-state index contributed by atoms with van der Waals surface area (Å²) < 4.78 is 13.0. The van der Waals surface area contributed by atoms with Gasteiger partial charge in [0.15, 0.2) is 11.5 Å². The summed E-state index contributed by atoms with van der Waals surface area (Å²) in [6.45, 7) is 0.790. The molecule has 1 aromatic carbocycles. The summed E-state index contributed by atoms with van der Waals surface area (Å²) in [7, 11) is 0. The van der Waals surface area contributed by atoms with Crippen molar-refractivity contribution in [1.82, 2.24) is 24.9 Å². The molecule has 4 rings (SSSR count). The maximum absolute atomic E-state index is 12.0. The summed E-state index contributed by atoms with van der Waals surface area (Å²) in [6, 6.07) is 9.26. The van der Waals surface area contributed by atoms with Crippen LogP contribution in [0.25, 0.3) is 5.78 Å². The van der Waals surface area contributed by atoms with E-state index in [0.29, 0.717) is 29.8 Å². The van der Waals surface area contributed by atoms with Crippen LogP contribution < -0.4 is 14.8 Å². The van der Waals surface area contributed by atoms with Gasteiger partial charge in [-0.3, -0.25) is 4.79 Å². The van der Waals surface area contributed by atoms with Gasteiger partial charge in [-0.25, -0.2) is 9.50 Å². The molecule has 0 spiro atoms. The minimum absolute atomic E-state index is 0.112. The first-order valence-electron chi connectivity index (χ1n) is 7.73. The Hall–Kier alpha value is -2.81. The highest BCUT2D eigenvalue weighted by Gasteiger charge is 2.21. The van der Waals surface area contributed by atoms with E-state index in [1.54, 1.807) is 23.0 Å². The van der Waals surface area contributed by atoms with E-state index in [1.165, 1.54) is 11.8 Å². The average Bonchev–Trinajstić information content (AvgIpc) is 3.07. The van der Waals surface area contributed by atoms with Crippen molar-refractivity contribution in [2.24, 2.45) is 0 Å². The van der Waals surface area contributed by atoms with E-state index in [1.807, 2.05) is 24.3 Å². The lowest BCUT2D eigenvalue weighted by atomic mass is 10.2. The number of nitrogens with one attached hydrogen (secondary N) is 1.